The number of phenolic OH excluding ortho intramolecular Hbond substituents is 1. The lowest BCUT2D eigenvalue weighted by Gasteiger charge is -2.13. The molecule has 0 saturated carbocycles. The number of aromatic hydroxyl groups is 1. The van der Waals surface area contributed by atoms with Crippen LogP contribution in [0.1, 0.15) is 15.9 Å². The van der Waals surface area contributed by atoms with Crippen molar-refractivity contribution in [1.29, 1.82) is 0 Å². The molecule has 0 amide bonds. The van der Waals surface area contributed by atoms with Crippen molar-refractivity contribution in [3.63, 3.8) is 0 Å². The van der Waals surface area contributed by atoms with E-state index in [1.165, 1.54) is 0 Å². The zero-order chi connectivity index (χ0) is 20.0. The van der Waals surface area contributed by atoms with Crippen molar-refractivity contribution in [3.05, 3.63) is 102 Å². The molecule has 0 spiro atoms. The molecule has 140 valence electrons. The number of hydrogen-bond donors (Lipinski definition) is 1. The van der Waals surface area contributed by atoms with Gasteiger partial charge >= 0.3 is 0 Å². The molecule has 0 radical (unpaired) electrons. The number of hydrogen-bond acceptors (Lipinski definition) is 2. The molecule has 0 bridgehead atoms. The standard InChI is InChI=1S/C26H19NO2/c1-27-21-15-9-8-14-19(21)23-22(27)16-20(17-10-4-2-5-11-17)24(26(23)29)25(28)18-12-6-3-7-13-18/h2-16,29H,1H3. The smallest absolute Gasteiger partial charge is 0.197 e. The molecular formula is C26H19NO2. The minimum atomic E-state index is -0.184. The summed E-state index contributed by atoms with van der Waals surface area (Å²) in [5.41, 5.74) is 4.43. The number of benzene rings is 4. The van der Waals surface area contributed by atoms with Crippen molar-refractivity contribution in [2.24, 2.45) is 7.05 Å². The van der Waals surface area contributed by atoms with Gasteiger partial charge in [0, 0.05) is 23.5 Å². The number of carbonyl (C=O) groups is 1. The van der Waals surface area contributed by atoms with Gasteiger partial charge in [0.1, 0.15) is 5.75 Å². The van der Waals surface area contributed by atoms with Gasteiger partial charge in [-0.15, -0.1) is 0 Å². The molecule has 0 aliphatic heterocycles. The minimum absolute atomic E-state index is 0.0343. The Morgan fingerprint density at radius 1 is 0.793 bits per heavy atom. The molecule has 5 rings (SSSR count). The lowest BCUT2D eigenvalue weighted by Crippen LogP contribution is -2.05. The molecule has 3 nitrogen and oxygen atoms in total. The first-order valence-electron chi connectivity index (χ1n) is 9.55. The summed E-state index contributed by atoms with van der Waals surface area (Å²) in [5, 5.41) is 13.0. The van der Waals surface area contributed by atoms with Crippen LogP contribution in [0, 0.1) is 0 Å². The van der Waals surface area contributed by atoms with Crippen LogP contribution in [-0.4, -0.2) is 15.5 Å². The van der Waals surface area contributed by atoms with E-state index in [0.717, 1.165) is 27.5 Å². The molecule has 4 aromatic carbocycles. The van der Waals surface area contributed by atoms with Gasteiger partial charge in [-0.3, -0.25) is 4.79 Å². The highest BCUT2D eigenvalue weighted by Crippen LogP contribution is 2.42. The van der Waals surface area contributed by atoms with Gasteiger partial charge in [0.15, 0.2) is 5.78 Å². The quantitative estimate of drug-likeness (QED) is 0.396. The van der Waals surface area contributed by atoms with Crippen LogP contribution in [0.5, 0.6) is 5.75 Å². The molecule has 1 aromatic heterocycles. The number of aryl methyl sites for hydroxylation is 1. The summed E-state index contributed by atoms with van der Waals surface area (Å²) in [6, 6.07) is 28.8. The van der Waals surface area contributed by atoms with Gasteiger partial charge in [0.25, 0.3) is 0 Å². The summed E-state index contributed by atoms with van der Waals surface area (Å²) in [7, 11) is 1.98. The molecule has 0 atom stereocenters. The van der Waals surface area contributed by atoms with Crippen molar-refractivity contribution in [2.75, 3.05) is 0 Å². The Morgan fingerprint density at radius 3 is 2.14 bits per heavy atom. The Bertz CT molecular complexity index is 1370. The summed E-state index contributed by atoms with van der Waals surface area (Å²) >= 11 is 0. The Labute approximate surface area is 168 Å². The van der Waals surface area contributed by atoms with Crippen molar-refractivity contribution in [1.82, 2.24) is 4.57 Å². The summed E-state index contributed by atoms with van der Waals surface area (Å²) in [4.78, 5) is 13.5. The second-order valence-electron chi connectivity index (χ2n) is 7.18. The Kier molecular flexibility index (Phi) is 3.95. The monoisotopic (exact) mass is 377 g/mol. The first-order chi connectivity index (χ1) is 14.2. The van der Waals surface area contributed by atoms with Crippen LogP contribution in [0.4, 0.5) is 0 Å². The number of ketones is 1. The number of fused-ring (bicyclic) bond motifs is 3. The van der Waals surface area contributed by atoms with E-state index in [-0.39, 0.29) is 11.5 Å². The summed E-state index contributed by atoms with van der Waals surface area (Å²) in [6.07, 6.45) is 0. The molecule has 1 heterocycles. The third-order valence-corrected chi connectivity index (χ3v) is 5.52. The zero-order valence-corrected chi connectivity index (χ0v) is 16.0. The molecule has 29 heavy (non-hydrogen) atoms. The van der Waals surface area contributed by atoms with Gasteiger partial charge in [-0.2, -0.15) is 0 Å². The number of para-hydroxylation sites is 1. The number of aromatic nitrogens is 1. The number of rotatable bonds is 3. The predicted molar refractivity (Wildman–Crippen MR) is 117 cm³/mol. The van der Waals surface area contributed by atoms with Crippen LogP contribution in [0.2, 0.25) is 0 Å². The van der Waals surface area contributed by atoms with Crippen LogP contribution in [-0.2, 0) is 7.05 Å². The molecule has 5 aromatic rings. The molecule has 0 saturated heterocycles. The molecule has 0 unspecified atom stereocenters. The van der Waals surface area contributed by atoms with E-state index in [4.69, 9.17) is 0 Å². The number of nitrogens with zero attached hydrogens (tertiary/aromatic N) is 1. The summed E-state index contributed by atoms with van der Waals surface area (Å²) in [6.45, 7) is 0. The number of carbonyl (C=O) groups excluding carboxylic acids is 1. The highest BCUT2D eigenvalue weighted by atomic mass is 16.3. The molecule has 0 aliphatic carbocycles. The third kappa shape index (κ3) is 2.63. The minimum Gasteiger partial charge on any atom is -0.506 e. The van der Waals surface area contributed by atoms with Gasteiger partial charge in [-0.25, -0.2) is 0 Å². The Morgan fingerprint density at radius 2 is 1.41 bits per heavy atom. The van der Waals surface area contributed by atoms with E-state index in [2.05, 4.69) is 4.57 Å². The second-order valence-corrected chi connectivity index (χ2v) is 7.18. The van der Waals surface area contributed by atoms with E-state index < -0.39 is 0 Å². The van der Waals surface area contributed by atoms with E-state index in [1.807, 2.05) is 85.9 Å². The molecule has 0 aliphatic rings. The van der Waals surface area contributed by atoms with Crippen LogP contribution in [0.15, 0.2) is 91.0 Å². The van der Waals surface area contributed by atoms with Gasteiger partial charge in [-0.1, -0.05) is 78.9 Å². The largest absolute Gasteiger partial charge is 0.506 e. The van der Waals surface area contributed by atoms with Crippen molar-refractivity contribution < 1.29 is 9.90 Å². The fourth-order valence-electron chi connectivity index (χ4n) is 4.10. The maximum Gasteiger partial charge on any atom is 0.197 e. The normalized spacial score (nSPS) is 11.2. The van der Waals surface area contributed by atoms with Gasteiger partial charge in [0.2, 0.25) is 0 Å². The first-order valence-corrected chi connectivity index (χ1v) is 9.55. The predicted octanol–water partition coefficient (Wildman–Crippen LogP) is 5.94. The summed E-state index contributed by atoms with van der Waals surface area (Å²) in [5.74, 6) is -0.149. The highest BCUT2D eigenvalue weighted by molar-refractivity contribution is 6.21. The molecule has 0 fully saturated rings. The fraction of sp³-hybridized carbons (Fsp3) is 0.0385. The van der Waals surface area contributed by atoms with Gasteiger partial charge < -0.3 is 9.67 Å². The number of phenols is 1. The van der Waals surface area contributed by atoms with Crippen LogP contribution in [0.3, 0.4) is 0 Å². The van der Waals surface area contributed by atoms with Crippen molar-refractivity contribution in [2.45, 2.75) is 0 Å². The van der Waals surface area contributed by atoms with Crippen molar-refractivity contribution >= 4 is 27.6 Å². The molecular weight excluding hydrogens is 358 g/mol. The fourth-order valence-corrected chi connectivity index (χ4v) is 4.10. The topological polar surface area (TPSA) is 42.2 Å². The first kappa shape index (κ1) is 17.3. The van der Waals surface area contributed by atoms with E-state index in [9.17, 15) is 9.90 Å². The molecule has 3 heteroatoms. The average Bonchev–Trinajstić information content (AvgIpc) is 3.07. The maximum absolute atomic E-state index is 13.5. The third-order valence-electron chi connectivity index (χ3n) is 5.52. The lowest BCUT2D eigenvalue weighted by molar-refractivity contribution is 0.103. The van der Waals surface area contributed by atoms with Gasteiger partial charge in [0.05, 0.1) is 16.5 Å². The Balaban J connectivity index is 1.92. The maximum atomic E-state index is 13.5. The zero-order valence-electron chi connectivity index (χ0n) is 16.0. The van der Waals surface area contributed by atoms with Crippen LogP contribution < -0.4 is 0 Å². The SMILES string of the molecule is Cn1c2ccccc2c2c(O)c(C(=O)c3ccccc3)c(-c3ccccc3)cc21. The van der Waals surface area contributed by atoms with Gasteiger partial charge in [-0.05, 0) is 23.3 Å². The highest BCUT2D eigenvalue weighted by Gasteiger charge is 2.24. The summed E-state index contributed by atoms with van der Waals surface area (Å²) < 4.78 is 2.06. The van der Waals surface area contributed by atoms with E-state index >= 15 is 0 Å². The lowest BCUT2D eigenvalue weighted by atomic mass is 9.91. The van der Waals surface area contributed by atoms with Crippen LogP contribution in [0.25, 0.3) is 32.9 Å². The Hall–Kier alpha value is -3.85. The second kappa shape index (κ2) is 6.64. The van der Waals surface area contributed by atoms with Crippen molar-refractivity contribution in [3.8, 4) is 16.9 Å². The molecule has 1 N–H and O–H groups in total. The average molecular weight is 377 g/mol. The van der Waals surface area contributed by atoms with Crippen LogP contribution >= 0.6 is 0 Å². The van der Waals surface area contributed by atoms with E-state index in [1.54, 1.807) is 12.1 Å². The van der Waals surface area contributed by atoms with E-state index in [0.29, 0.717) is 16.5 Å².